The highest BCUT2D eigenvalue weighted by atomic mass is 32.1. The highest BCUT2D eigenvalue weighted by Crippen LogP contribution is 2.29. The summed E-state index contributed by atoms with van der Waals surface area (Å²) in [6.45, 7) is 0. The van der Waals surface area contributed by atoms with Crippen molar-refractivity contribution < 1.29 is 0 Å². The Morgan fingerprint density at radius 3 is 2.15 bits per heavy atom. The van der Waals surface area contributed by atoms with Crippen LogP contribution >= 0.6 is 12.2 Å². The van der Waals surface area contributed by atoms with E-state index in [1.54, 1.807) is 0 Å². The third kappa shape index (κ3) is 2.36. The van der Waals surface area contributed by atoms with Gasteiger partial charge in [0, 0.05) is 22.3 Å². The van der Waals surface area contributed by atoms with E-state index in [1.165, 1.54) is 0 Å². The molecule has 0 saturated heterocycles. The first kappa shape index (κ1) is 12.6. The number of hydrogen-bond acceptors (Lipinski definition) is 2. The number of nitrogens with one attached hydrogen (secondary N) is 1. The minimum Gasteiger partial charge on any atom is -0.389 e. The van der Waals surface area contributed by atoms with Crippen LogP contribution in [0.4, 0.5) is 11.4 Å². The molecule has 0 spiro atoms. The van der Waals surface area contributed by atoms with Gasteiger partial charge in [0.25, 0.3) is 0 Å². The Morgan fingerprint density at radius 1 is 0.800 bits per heavy atom. The highest BCUT2D eigenvalue weighted by Gasteiger charge is 2.07. The second kappa shape index (κ2) is 5.31. The van der Waals surface area contributed by atoms with Gasteiger partial charge in [0.1, 0.15) is 4.99 Å². The van der Waals surface area contributed by atoms with Crippen molar-refractivity contribution >= 4 is 39.4 Å². The molecular weight excluding hydrogens is 264 g/mol. The molecule has 20 heavy (non-hydrogen) atoms. The van der Waals surface area contributed by atoms with E-state index in [-0.39, 0.29) is 0 Å². The van der Waals surface area contributed by atoms with Crippen LogP contribution in [0.3, 0.4) is 0 Å². The summed E-state index contributed by atoms with van der Waals surface area (Å²) in [5.41, 5.74) is 8.81. The molecule has 3 aromatic carbocycles. The zero-order chi connectivity index (χ0) is 13.9. The molecule has 0 aromatic heterocycles. The lowest BCUT2D eigenvalue weighted by molar-refractivity contribution is 1.57. The van der Waals surface area contributed by atoms with Crippen molar-refractivity contribution in [3.05, 3.63) is 72.3 Å². The van der Waals surface area contributed by atoms with Crippen LogP contribution in [-0.2, 0) is 0 Å². The Labute approximate surface area is 123 Å². The maximum absolute atomic E-state index is 5.79. The van der Waals surface area contributed by atoms with Crippen LogP contribution in [0.25, 0.3) is 10.8 Å². The first-order valence-electron chi connectivity index (χ1n) is 6.39. The Kier molecular flexibility index (Phi) is 3.35. The Bertz CT molecular complexity index is 766. The number of nitrogens with two attached hydrogens (primary N) is 1. The van der Waals surface area contributed by atoms with Crippen LogP contribution < -0.4 is 11.1 Å². The first-order valence-corrected chi connectivity index (χ1v) is 6.80. The maximum atomic E-state index is 5.79. The number of fused-ring (bicyclic) bond motifs is 1. The lowest BCUT2D eigenvalue weighted by Gasteiger charge is -2.12. The van der Waals surface area contributed by atoms with Crippen LogP contribution in [0.2, 0.25) is 0 Å². The summed E-state index contributed by atoms with van der Waals surface area (Å²) >= 11 is 5.12. The number of rotatable bonds is 3. The van der Waals surface area contributed by atoms with E-state index < -0.39 is 0 Å². The van der Waals surface area contributed by atoms with Crippen molar-refractivity contribution in [2.24, 2.45) is 5.73 Å². The van der Waals surface area contributed by atoms with Gasteiger partial charge < -0.3 is 11.1 Å². The summed E-state index contributed by atoms with van der Waals surface area (Å²) in [5.74, 6) is 0. The normalized spacial score (nSPS) is 10.4. The Hall–Kier alpha value is -2.39. The molecule has 0 unspecified atom stereocenters. The third-order valence-electron chi connectivity index (χ3n) is 3.24. The van der Waals surface area contributed by atoms with E-state index in [2.05, 4.69) is 11.4 Å². The fraction of sp³-hybridized carbons (Fsp3) is 0. The number of hydrogen-bond donors (Lipinski definition) is 2. The molecule has 2 nitrogen and oxygen atoms in total. The molecule has 3 aromatic rings. The zero-order valence-electron chi connectivity index (χ0n) is 10.8. The molecule has 0 radical (unpaired) electrons. The molecule has 0 amide bonds. The maximum Gasteiger partial charge on any atom is 0.104 e. The van der Waals surface area contributed by atoms with Crippen molar-refractivity contribution in [3.8, 4) is 0 Å². The van der Waals surface area contributed by atoms with Crippen LogP contribution in [0.1, 0.15) is 5.56 Å². The van der Waals surface area contributed by atoms with Gasteiger partial charge in [-0.15, -0.1) is 0 Å². The van der Waals surface area contributed by atoms with E-state index in [0.717, 1.165) is 27.7 Å². The zero-order valence-corrected chi connectivity index (χ0v) is 11.7. The second-order valence-corrected chi connectivity index (χ2v) is 5.00. The number of benzene rings is 3. The smallest absolute Gasteiger partial charge is 0.104 e. The van der Waals surface area contributed by atoms with Crippen molar-refractivity contribution in [1.82, 2.24) is 0 Å². The molecule has 0 saturated carbocycles. The predicted octanol–water partition coefficient (Wildman–Crippen LogP) is 4.22. The molecule has 0 aliphatic heterocycles. The second-order valence-electron chi connectivity index (χ2n) is 4.56. The van der Waals surface area contributed by atoms with Crippen molar-refractivity contribution in [2.45, 2.75) is 0 Å². The Balaban J connectivity index is 2.13. The predicted molar refractivity (Wildman–Crippen MR) is 89.6 cm³/mol. The van der Waals surface area contributed by atoms with Gasteiger partial charge in [-0.1, -0.05) is 54.7 Å². The van der Waals surface area contributed by atoms with Gasteiger partial charge in [-0.05, 0) is 29.7 Å². The molecular formula is C17H14N2S. The van der Waals surface area contributed by atoms with Crippen LogP contribution in [0.5, 0.6) is 0 Å². The molecule has 3 rings (SSSR count). The van der Waals surface area contributed by atoms with Crippen LogP contribution in [0, 0.1) is 0 Å². The lowest BCUT2D eigenvalue weighted by atomic mass is 10.0. The van der Waals surface area contributed by atoms with Gasteiger partial charge in [0.15, 0.2) is 0 Å². The summed E-state index contributed by atoms with van der Waals surface area (Å²) < 4.78 is 0. The summed E-state index contributed by atoms with van der Waals surface area (Å²) in [6, 6.07) is 22.2. The highest BCUT2D eigenvalue weighted by molar-refractivity contribution is 7.80. The van der Waals surface area contributed by atoms with Crippen LogP contribution in [-0.4, -0.2) is 4.99 Å². The number of para-hydroxylation sites is 1. The molecule has 0 fully saturated rings. The van der Waals surface area contributed by atoms with E-state index in [0.29, 0.717) is 4.99 Å². The fourth-order valence-electron chi connectivity index (χ4n) is 2.30. The van der Waals surface area contributed by atoms with Gasteiger partial charge in [-0.2, -0.15) is 0 Å². The summed E-state index contributed by atoms with van der Waals surface area (Å²) in [7, 11) is 0. The Morgan fingerprint density at radius 2 is 1.45 bits per heavy atom. The molecule has 0 aliphatic carbocycles. The molecule has 3 N–H and O–H groups in total. The van der Waals surface area contributed by atoms with Gasteiger partial charge >= 0.3 is 0 Å². The summed E-state index contributed by atoms with van der Waals surface area (Å²) in [4.78, 5) is 0.424. The number of thiocarbonyl (C=S) groups is 1. The largest absolute Gasteiger partial charge is 0.389 e. The van der Waals surface area contributed by atoms with E-state index in [1.807, 2.05) is 60.7 Å². The van der Waals surface area contributed by atoms with Crippen molar-refractivity contribution in [3.63, 3.8) is 0 Å². The van der Waals surface area contributed by atoms with E-state index in [4.69, 9.17) is 18.0 Å². The fourth-order valence-corrected chi connectivity index (χ4v) is 2.48. The number of anilines is 2. The summed E-state index contributed by atoms with van der Waals surface area (Å²) in [5, 5.41) is 5.61. The van der Waals surface area contributed by atoms with E-state index >= 15 is 0 Å². The third-order valence-corrected chi connectivity index (χ3v) is 3.46. The average molecular weight is 278 g/mol. The van der Waals surface area contributed by atoms with Crippen molar-refractivity contribution in [2.75, 3.05) is 5.32 Å². The minimum absolute atomic E-state index is 0.424. The van der Waals surface area contributed by atoms with Crippen LogP contribution in [0.15, 0.2) is 66.7 Å². The molecule has 0 atom stereocenters. The first-order chi connectivity index (χ1) is 9.75. The quantitative estimate of drug-likeness (QED) is 0.705. The van der Waals surface area contributed by atoms with E-state index in [9.17, 15) is 0 Å². The average Bonchev–Trinajstić information content (AvgIpc) is 2.48. The van der Waals surface area contributed by atoms with Crippen molar-refractivity contribution in [1.29, 1.82) is 0 Å². The summed E-state index contributed by atoms with van der Waals surface area (Å²) in [6.07, 6.45) is 0. The van der Waals surface area contributed by atoms with Gasteiger partial charge in [0.2, 0.25) is 0 Å². The SMILES string of the molecule is NC(=S)c1ccc(Nc2ccccc2)c2ccccc12. The standard InChI is InChI=1S/C17H14N2S/c18-17(20)15-10-11-16(14-9-5-4-8-13(14)15)19-12-6-2-1-3-7-12/h1-11,19H,(H2,18,20). The van der Waals surface area contributed by atoms with Gasteiger partial charge in [-0.3, -0.25) is 0 Å². The van der Waals surface area contributed by atoms with Gasteiger partial charge in [-0.25, -0.2) is 0 Å². The minimum atomic E-state index is 0.424. The van der Waals surface area contributed by atoms with Gasteiger partial charge in [0.05, 0.1) is 0 Å². The molecule has 0 aliphatic rings. The topological polar surface area (TPSA) is 38.0 Å². The monoisotopic (exact) mass is 278 g/mol. The molecule has 3 heteroatoms. The molecule has 98 valence electrons. The lowest BCUT2D eigenvalue weighted by Crippen LogP contribution is -2.10. The molecule has 0 heterocycles. The molecule has 0 bridgehead atoms.